The lowest BCUT2D eigenvalue weighted by atomic mass is 10.0. The number of halogens is 1. The third-order valence-electron chi connectivity index (χ3n) is 6.49. The van der Waals surface area contributed by atoms with E-state index in [-0.39, 0.29) is 11.7 Å². The van der Waals surface area contributed by atoms with Crippen molar-refractivity contribution in [1.29, 1.82) is 0 Å². The molecule has 0 aliphatic carbocycles. The number of anilines is 1. The maximum absolute atomic E-state index is 14.8. The van der Waals surface area contributed by atoms with Crippen LogP contribution in [0, 0.1) is 5.82 Å². The van der Waals surface area contributed by atoms with Crippen LogP contribution in [0.5, 0.6) is 5.88 Å². The molecule has 5 rings (SSSR count). The van der Waals surface area contributed by atoms with Crippen LogP contribution in [0.2, 0.25) is 0 Å². The van der Waals surface area contributed by atoms with Crippen molar-refractivity contribution in [2.24, 2.45) is 0 Å². The van der Waals surface area contributed by atoms with E-state index in [1.54, 1.807) is 6.07 Å². The van der Waals surface area contributed by atoms with Crippen molar-refractivity contribution < 1.29 is 18.8 Å². The van der Waals surface area contributed by atoms with Crippen molar-refractivity contribution in [3.05, 3.63) is 59.2 Å². The maximum Gasteiger partial charge on any atom is 0.280 e. The van der Waals surface area contributed by atoms with Crippen molar-refractivity contribution in [2.75, 3.05) is 32.1 Å². The molecule has 1 amide bonds. The van der Waals surface area contributed by atoms with Crippen LogP contribution in [0.4, 0.5) is 10.3 Å². The van der Waals surface area contributed by atoms with Crippen LogP contribution in [0.3, 0.4) is 0 Å². The molecule has 0 unspecified atom stereocenters. The number of hydrogen-bond donors (Lipinski definition) is 0. The number of carbonyl (C=O) groups is 1. The Bertz CT molecular complexity index is 1410. The summed E-state index contributed by atoms with van der Waals surface area (Å²) in [5.41, 5.74) is 3.12. The van der Waals surface area contributed by atoms with Crippen LogP contribution in [0.15, 0.2) is 42.3 Å². The van der Waals surface area contributed by atoms with Crippen LogP contribution in [0.1, 0.15) is 35.7 Å². The second kappa shape index (κ2) is 10.7. The van der Waals surface area contributed by atoms with Gasteiger partial charge in [-0.25, -0.2) is 29.4 Å². The highest BCUT2D eigenvalue weighted by molar-refractivity contribution is 7.18. The first-order chi connectivity index (χ1) is 18.0. The Morgan fingerprint density at radius 1 is 1.19 bits per heavy atom. The van der Waals surface area contributed by atoms with E-state index in [0.29, 0.717) is 17.0 Å². The van der Waals surface area contributed by atoms with Gasteiger partial charge in [-0.15, -0.1) is 11.3 Å². The molecule has 0 N–H and O–H groups in total. The highest BCUT2D eigenvalue weighted by Gasteiger charge is 2.24. The minimum Gasteiger partial charge on any atom is -0.473 e. The van der Waals surface area contributed by atoms with Crippen molar-refractivity contribution in [2.45, 2.75) is 32.3 Å². The van der Waals surface area contributed by atoms with Crippen LogP contribution >= 0.6 is 11.3 Å². The zero-order valence-corrected chi connectivity index (χ0v) is 21.7. The minimum absolute atomic E-state index is 0.00956. The first kappa shape index (κ1) is 25.0. The first-order valence-electron chi connectivity index (χ1n) is 12.0. The number of rotatable bonds is 7. The van der Waals surface area contributed by atoms with E-state index in [2.05, 4.69) is 31.8 Å². The fraction of sp³-hybridized carbons (Fsp3) is 0.346. The van der Waals surface area contributed by atoms with Crippen LogP contribution in [-0.2, 0) is 11.3 Å². The third-order valence-corrected chi connectivity index (χ3v) is 7.45. The molecule has 1 fully saturated rings. The molecule has 0 spiro atoms. The number of benzene rings is 1. The van der Waals surface area contributed by atoms with Gasteiger partial charge in [0, 0.05) is 56.3 Å². The van der Waals surface area contributed by atoms with E-state index < -0.39 is 11.7 Å². The van der Waals surface area contributed by atoms with Crippen molar-refractivity contribution >= 4 is 33.4 Å². The average molecular weight is 523 g/mol. The molecule has 9 nitrogen and oxygen atoms in total. The summed E-state index contributed by atoms with van der Waals surface area (Å²) in [6.45, 7) is 3.67. The summed E-state index contributed by atoms with van der Waals surface area (Å²) in [6.07, 6.45) is 7.79. The lowest BCUT2D eigenvalue weighted by Crippen LogP contribution is -2.39. The number of fused-ring (bicyclic) bond motifs is 1. The number of aromatic nitrogens is 4. The molecule has 4 heterocycles. The van der Waals surface area contributed by atoms with E-state index in [4.69, 9.17) is 9.57 Å². The van der Waals surface area contributed by atoms with Gasteiger partial charge < -0.3 is 9.64 Å². The highest BCUT2D eigenvalue weighted by atomic mass is 32.1. The number of piperidine rings is 1. The third kappa shape index (κ3) is 5.09. The van der Waals surface area contributed by atoms with Gasteiger partial charge in [0.2, 0.25) is 11.8 Å². The number of thiophene rings is 1. The van der Waals surface area contributed by atoms with Gasteiger partial charge in [0.15, 0.2) is 0 Å². The van der Waals surface area contributed by atoms with Gasteiger partial charge in [-0.3, -0.25) is 9.63 Å². The summed E-state index contributed by atoms with van der Waals surface area (Å²) in [5, 5.41) is 2.89. The average Bonchev–Trinajstić information content (AvgIpc) is 3.38. The SMILES string of the molecule is CCc1cnc(N2CCC(Oc3ncnc4c(-c5ccc(C(=O)N(C)OC)c(F)c5)csc34)CC2)nc1. The Balaban J connectivity index is 1.30. The first-order valence-corrected chi connectivity index (χ1v) is 12.9. The van der Waals surface area contributed by atoms with Gasteiger partial charge in [0.25, 0.3) is 5.91 Å². The molecule has 1 aliphatic heterocycles. The van der Waals surface area contributed by atoms with Gasteiger partial charge >= 0.3 is 0 Å². The summed E-state index contributed by atoms with van der Waals surface area (Å²) in [5.74, 6) is 0.0840. The fourth-order valence-corrected chi connectivity index (χ4v) is 5.21. The topological polar surface area (TPSA) is 93.6 Å². The molecule has 1 aromatic carbocycles. The lowest BCUT2D eigenvalue weighted by molar-refractivity contribution is -0.0759. The Morgan fingerprint density at radius 2 is 1.95 bits per heavy atom. The Labute approximate surface area is 217 Å². The maximum atomic E-state index is 14.8. The second-order valence-corrected chi connectivity index (χ2v) is 9.61. The predicted molar refractivity (Wildman–Crippen MR) is 139 cm³/mol. The molecular formula is C26H27FN6O3S. The largest absolute Gasteiger partial charge is 0.473 e. The number of nitrogens with zero attached hydrogens (tertiary/aromatic N) is 6. The normalized spacial score (nSPS) is 14.2. The summed E-state index contributed by atoms with van der Waals surface area (Å²) >= 11 is 1.45. The molecule has 0 radical (unpaired) electrons. The second-order valence-electron chi connectivity index (χ2n) is 8.73. The van der Waals surface area contributed by atoms with E-state index in [1.807, 2.05) is 17.8 Å². The zero-order valence-electron chi connectivity index (χ0n) is 20.8. The van der Waals surface area contributed by atoms with Crippen LogP contribution < -0.4 is 9.64 Å². The molecule has 4 aromatic rings. The quantitative estimate of drug-likeness (QED) is 0.327. The van der Waals surface area contributed by atoms with E-state index in [1.165, 1.54) is 44.0 Å². The highest BCUT2D eigenvalue weighted by Crippen LogP contribution is 2.38. The molecule has 0 saturated carbocycles. The Morgan fingerprint density at radius 3 is 2.62 bits per heavy atom. The lowest BCUT2D eigenvalue weighted by Gasteiger charge is -2.31. The van der Waals surface area contributed by atoms with Crippen LogP contribution in [0.25, 0.3) is 21.3 Å². The van der Waals surface area contributed by atoms with Gasteiger partial charge in [-0.2, -0.15) is 0 Å². The standard InChI is InChI=1S/C26H27FN6O3S/c1-4-16-12-28-26(29-13-16)33-9-7-18(8-10-33)36-24-23-22(30-15-31-24)20(14-37-23)17-5-6-19(21(27)11-17)25(34)32(2)35-3/h5-6,11-15,18H,4,7-10H2,1-3H3. The van der Waals surface area contributed by atoms with Gasteiger partial charge in [0.1, 0.15) is 22.9 Å². The van der Waals surface area contributed by atoms with Gasteiger partial charge in [-0.05, 0) is 29.7 Å². The molecule has 11 heteroatoms. The molecule has 1 aliphatic rings. The molecule has 3 aromatic heterocycles. The smallest absolute Gasteiger partial charge is 0.280 e. The Hall–Kier alpha value is -3.70. The monoisotopic (exact) mass is 522 g/mol. The molecular weight excluding hydrogens is 495 g/mol. The fourth-order valence-electron chi connectivity index (χ4n) is 4.25. The van der Waals surface area contributed by atoms with Crippen molar-refractivity contribution in [1.82, 2.24) is 25.0 Å². The van der Waals surface area contributed by atoms with E-state index >= 15 is 0 Å². The zero-order chi connectivity index (χ0) is 25.9. The number of hydrogen-bond acceptors (Lipinski definition) is 9. The molecule has 0 atom stereocenters. The summed E-state index contributed by atoms with van der Waals surface area (Å²) in [7, 11) is 2.78. The van der Waals surface area contributed by atoms with Crippen molar-refractivity contribution in [3.8, 4) is 17.0 Å². The number of aryl methyl sites for hydroxylation is 1. The number of hydroxylamine groups is 2. The molecule has 0 bridgehead atoms. The van der Waals surface area contributed by atoms with Crippen molar-refractivity contribution in [3.63, 3.8) is 0 Å². The number of amides is 1. The predicted octanol–water partition coefficient (Wildman–Crippen LogP) is 4.53. The molecule has 192 valence electrons. The van der Waals surface area contributed by atoms with Crippen LogP contribution in [-0.4, -0.2) is 64.3 Å². The van der Waals surface area contributed by atoms with Gasteiger partial charge in [0.05, 0.1) is 18.2 Å². The number of carbonyl (C=O) groups excluding carboxylic acids is 1. The minimum atomic E-state index is -0.628. The molecule has 37 heavy (non-hydrogen) atoms. The number of ether oxygens (including phenoxy) is 1. The summed E-state index contributed by atoms with van der Waals surface area (Å²) < 4.78 is 21.9. The summed E-state index contributed by atoms with van der Waals surface area (Å²) in [4.78, 5) is 37.1. The van der Waals surface area contributed by atoms with E-state index in [0.717, 1.165) is 59.2 Å². The van der Waals surface area contributed by atoms with Gasteiger partial charge in [-0.1, -0.05) is 13.0 Å². The molecule has 1 saturated heterocycles. The Kier molecular flexibility index (Phi) is 7.24. The summed E-state index contributed by atoms with van der Waals surface area (Å²) in [6, 6.07) is 4.50. The van der Waals surface area contributed by atoms with E-state index in [9.17, 15) is 9.18 Å².